The van der Waals surface area contributed by atoms with E-state index in [9.17, 15) is 14.4 Å². The lowest BCUT2D eigenvalue weighted by atomic mass is 10.1. The molecule has 2 unspecified atom stereocenters. The van der Waals surface area contributed by atoms with Gasteiger partial charge in [-0.05, 0) is 38.8 Å². The van der Waals surface area contributed by atoms with Gasteiger partial charge in [0.15, 0.2) is 0 Å². The van der Waals surface area contributed by atoms with Crippen molar-refractivity contribution in [2.45, 2.75) is 59.2 Å². The molecule has 130 valence electrons. The second-order valence-electron chi connectivity index (χ2n) is 5.96. The molecule has 0 aliphatic heterocycles. The van der Waals surface area contributed by atoms with Gasteiger partial charge in [0.05, 0.1) is 10.9 Å². The predicted octanol–water partition coefficient (Wildman–Crippen LogP) is 2.05. The summed E-state index contributed by atoms with van der Waals surface area (Å²) in [6, 6.07) is 6.34. The molecule has 0 fully saturated rings. The van der Waals surface area contributed by atoms with Crippen LogP contribution in [0.4, 0.5) is 0 Å². The van der Waals surface area contributed by atoms with E-state index in [1.54, 1.807) is 31.2 Å². The smallest absolute Gasteiger partial charge is 0.332 e. The number of amides is 1. The topological polar surface area (TPSA) is 73.1 Å². The second-order valence-corrected chi connectivity index (χ2v) is 5.96. The normalized spacial score (nSPS) is 13.7. The van der Waals surface area contributed by atoms with Gasteiger partial charge in [0.25, 0.3) is 5.56 Å². The second kappa shape index (κ2) is 7.47. The van der Waals surface area contributed by atoms with Gasteiger partial charge >= 0.3 is 5.69 Å². The van der Waals surface area contributed by atoms with Crippen LogP contribution in [0.25, 0.3) is 10.9 Å². The minimum absolute atomic E-state index is 0.0330. The standard InChI is InChI=1S/C18H25N3O3/c1-5-12(4)19-16(22)14(6-2)21-15-11-9-8-10-13(15)17(23)20(7-3)18(21)24/h8-12,14H,5-7H2,1-4H3,(H,19,22). The number of benzene rings is 1. The molecule has 0 saturated heterocycles. The Morgan fingerprint density at radius 3 is 2.38 bits per heavy atom. The maximum absolute atomic E-state index is 12.8. The Kier molecular flexibility index (Phi) is 5.59. The number of fused-ring (bicyclic) bond motifs is 1. The van der Waals surface area contributed by atoms with Crippen molar-refractivity contribution in [2.75, 3.05) is 0 Å². The van der Waals surface area contributed by atoms with Gasteiger partial charge in [-0.15, -0.1) is 0 Å². The summed E-state index contributed by atoms with van der Waals surface area (Å²) in [5.74, 6) is -0.194. The summed E-state index contributed by atoms with van der Waals surface area (Å²) in [6.07, 6.45) is 1.28. The number of aromatic nitrogens is 2. The molecule has 2 aromatic rings. The molecule has 1 aromatic heterocycles. The average Bonchev–Trinajstić information content (AvgIpc) is 2.58. The lowest BCUT2D eigenvalue weighted by Gasteiger charge is -2.23. The highest BCUT2D eigenvalue weighted by molar-refractivity contribution is 5.84. The Bertz CT molecular complexity index is 851. The van der Waals surface area contributed by atoms with Crippen LogP contribution in [0.15, 0.2) is 33.9 Å². The molecule has 2 rings (SSSR count). The maximum atomic E-state index is 12.8. The van der Waals surface area contributed by atoms with Gasteiger partial charge in [0.2, 0.25) is 5.91 Å². The number of nitrogens with one attached hydrogen (secondary N) is 1. The quantitative estimate of drug-likeness (QED) is 0.880. The van der Waals surface area contributed by atoms with Gasteiger partial charge in [-0.3, -0.25) is 18.7 Å². The number of rotatable bonds is 6. The fourth-order valence-corrected chi connectivity index (χ4v) is 2.84. The fourth-order valence-electron chi connectivity index (χ4n) is 2.84. The first-order valence-electron chi connectivity index (χ1n) is 8.50. The van der Waals surface area contributed by atoms with Crippen LogP contribution < -0.4 is 16.6 Å². The predicted molar refractivity (Wildman–Crippen MR) is 95.4 cm³/mol. The van der Waals surface area contributed by atoms with E-state index in [1.165, 1.54) is 9.13 Å². The molecule has 24 heavy (non-hydrogen) atoms. The Hall–Kier alpha value is -2.37. The largest absolute Gasteiger partial charge is 0.352 e. The molecule has 0 aliphatic carbocycles. The molecule has 1 amide bonds. The van der Waals surface area contributed by atoms with Gasteiger partial charge < -0.3 is 5.32 Å². The van der Waals surface area contributed by atoms with Crippen LogP contribution in [0.1, 0.15) is 46.6 Å². The zero-order valence-corrected chi connectivity index (χ0v) is 14.7. The first-order valence-corrected chi connectivity index (χ1v) is 8.50. The Morgan fingerprint density at radius 2 is 1.79 bits per heavy atom. The number of hydrogen-bond acceptors (Lipinski definition) is 3. The molecule has 0 bridgehead atoms. The summed E-state index contributed by atoms with van der Waals surface area (Å²) in [6.45, 7) is 7.81. The lowest BCUT2D eigenvalue weighted by molar-refractivity contribution is -0.125. The molecule has 0 spiro atoms. The van der Waals surface area contributed by atoms with E-state index in [0.717, 1.165) is 6.42 Å². The van der Waals surface area contributed by atoms with Crippen LogP contribution >= 0.6 is 0 Å². The number of carbonyl (C=O) groups excluding carboxylic acids is 1. The summed E-state index contributed by atoms with van der Waals surface area (Å²) in [5, 5.41) is 3.39. The van der Waals surface area contributed by atoms with Crippen molar-refractivity contribution in [1.82, 2.24) is 14.5 Å². The van der Waals surface area contributed by atoms with Gasteiger partial charge in [0, 0.05) is 12.6 Å². The van der Waals surface area contributed by atoms with Gasteiger partial charge in [0.1, 0.15) is 6.04 Å². The summed E-state index contributed by atoms with van der Waals surface area (Å²) in [5.41, 5.74) is -0.248. The Morgan fingerprint density at radius 1 is 1.12 bits per heavy atom. The third-order valence-corrected chi connectivity index (χ3v) is 4.39. The fraction of sp³-hybridized carbons (Fsp3) is 0.500. The zero-order valence-electron chi connectivity index (χ0n) is 14.7. The van der Waals surface area contributed by atoms with E-state index in [2.05, 4.69) is 5.32 Å². The van der Waals surface area contributed by atoms with Crippen LogP contribution in [0.3, 0.4) is 0 Å². The van der Waals surface area contributed by atoms with Crippen LogP contribution in [0.2, 0.25) is 0 Å². The summed E-state index contributed by atoms with van der Waals surface area (Å²) >= 11 is 0. The van der Waals surface area contributed by atoms with Gasteiger partial charge in [-0.1, -0.05) is 26.0 Å². The van der Waals surface area contributed by atoms with Crippen LogP contribution in [-0.4, -0.2) is 21.1 Å². The van der Waals surface area contributed by atoms with Crippen molar-refractivity contribution in [3.63, 3.8) is 0 Å². The molecule has 0 radical (unpaired) electrons. The third-order valence-electron chi connectivity index (χ3n) is 4.39. The van der Waals surface area contributed by atoms with Gasteiger partial charge in [-0.25, -0.2) is 4.79 Å². The lowest BCUT2D eigenvalue weighted by Crippen LogP contribution is -2.46. The minimum atomic E-state index is -0.644. The van der Waals surface area contributed by atoms with Crippen molar-refractivity contribution in [3.05, 3.63) is 45.1 Å². The van der Waals surface area contributed by atoms with E-state index in [-0.39, 0.29) is 24.1 Å². The molecule has 6 heteroatoms. The van der Waals surface area contributed by atoms with E-state index < -0.39 is 11.7 Å². The molecule has 0 aliphatic rings. The summed E-state index contributed by atoms with van der Waals surface area (Å²) in [7, 11) is 0. The van der Waals surface area contributed by atoms with Crippen molar-refractivity contribution < 1.29 is 4.79 Å². The van der Waals surface area contributed by atoms with Gasteiger partial charge in [-0.2, -0.15) is 0 Å². The van der Waals surface area contributed by atoms with Crippen molar-refractivity contribution in [2.24, 2.45) is 0 Å². The average molecular weight is 331 g/mol. The van der Waals surface area contributed by atoms with Crippen molar-refractivity contribution >= 4 is 16.8 Å². The van der Waals surface area contributed by atoms with Crippen molar-refractivity contribution in [1.29, 1.82) is 0 Å². The third kappa shape index (κ3) is 3.13. The number of nitrogens with zero attached hydrogens (tertiary/aromatic N) is 2. The molecule has 1 aromatic carbocycles. The van der Waals surface area contributed by atoms with E-state index in [0.29, 0.717) is 17.3 Å². The zero-order chi connectivity index (χ0) is 17.9. The first kappa shape index (κ1) is 18.0. The maximum Gasteiger partial charge on any atom is 0.332 e. The summed E-state index contributed by atoms with van der Waals surface area (Å²) in [4.78, 5) is 38.0. The molecular formula is C18H25N3O3. The van der Waals surface area contributed by atoms with Crippen LogP contribution in [0.5, 0.6) is 0 Å². The van der Waals surface area contributed by atoms with Crippen molar-refractivity contribution in [3.8, 4) is 0 Å². The Balaban J connectivity index is 2.72. The highest BCUT2D eigenvalue weighted by Gasteiger charge is 2.24. The van der Waals surface area contributed by atoms with Crippen LogP contribution in [-0.2, 0) is 11.3 Å². The van der Waals surface area contributed by atoms with E-state index >= 15 is 0 Å². The highest BCUT2D eigenvalue weighted by Crippen LogP contribution is 2.16. The SMILES string of the molecule is CCC(C)NC(=O)C(CC)n1c(=O)n(CC)c(=O)c2ccccc21. The van der Waals surface area contributed by atoms with E-state index in [4.69, 9.17) is 0 Å². The Labute approximate surface area is 141 Å². The van der Waals surface area contributed by atoms with E-state index in [1.807, 2.05) is 20.8 Å². The summed E-state index contributed by atoms with van der Waals surface area (Å²) < 4.78 is 2.64. The number of para-hydroxylation sites is 1. The number of hydrogen-bond donors (Lipinski definition) is 1. The molecule has 1 N–H and O–H groups in total. The molecule has 6 nitrogen and oxygen atoms in total. The number of carbonyl (C=O) groups is 1. The highest BCUT2D eigenvalue weighted by atomic mass is 16.2. The molecule has 0 saturated carbocycles. The monoisotopic (exact) mass is 331 g/mol. The first-order chi connectivity index (χ1) is 11.5. The molecule has 1 heterocycles. The minimum Gasteiger partial charge on any atom is -0.352 e. The molecular weight excluding hydrogens is 306 g/mol. The van der Waals surface area contributed by atoms with Crippen LogP contribution in [0, 0.1) is 0 Å². The molecule has 2 atom stereocenters.